The van der Waals surface area contributed by atoms with Crippen LogP contribution in [0.3, 0.4) is 0 Å². The molecule has 86 valence electrons. The van der Waals surface area contributed by atoms with Gasteiger partial charge in [0, 0.05) is 24.3 Å². The third-order valence-corrected chi connectivity index (χ3v) is 2.77. The Morgan fingerprint density at radius 1 is 1.56 bits per heavy atom. The lowest BCUT2D eigenvalue weighted by Crippen LogP contribution is -2.23. The second-order valence-corrected chi connectivity index (χ2v) is 4.25. The zero-order valence-electron chi connectivity index (χ0n) is 9.44. The Morgan fingerprint density at radius 3 is 2.75 bits per heavy atom. The molecule has 0 saturated heterocycles. The zero-order valence-corrected chi connectivity index (χ0v) is 10.2. The molecule has 1 N–H and O–H groups in total. The monoisotopic (exact) mass is 238 g/mol. The van der Waals surface area contributed by atoms with Crippen molar-refractivity contribution < 1.29 is 5.11 Å². The molecule has 1 rings (SSSR count). The molecule has 0 aliphatic carbocycles. The molecule has 1 unspecified atom stereocenters. The van der Waals surface area contributed by atoms with Gasteiger partial charge in [0.1, 0.15) is 0 Å². The van der Waals surface area contributed by atoms with E-state index in [0.717, 1.165) is 5.69 Å². The van der Waals surface area contributed by atoms with Gasteiger partial charge in [0.15, 0.2) is 0 Å². The molecular weight excluding hydrogens is 224 g/mol. The molecule has 1 atom stereocenters. The van der Waals surface area contributed by atoms with Crippen molar-refractivity contribution in [3.05, 3.63) is 28.8 Å². The van der Waals surface area contributed by atoms with Gasteiger partial charge in [-0.15, -0.1) is 0 Å². The number of aliphatic hydroxyl groups is 1. The number of halogens is 1. The Balaban J connectivity index is 2.81. The minimum atomic E-state index is -0.0581. The highest BCUT2D eigenvalue weighted by atomic mass is 35.5. The molecule has 0 fully saturated rings. The minimum Gasteiger partial charge on any atom is -0.392 e. The van der Waals surface area contributed by atoms with Gasteiger partial charge in [-0.2, -0.15) is 5.26 Å². The maximum absolute atomic E-state index is 8.99. The van der Waals surface area contributed by atoms with E-state index in [0.29, 0.717) is 17.1 Å². The fourth-order valence-corrected chi connectivity index (χ4v) is 1.69. The van der Waals surface area contributed by atoms with Crippen LogP contribution >= 0.6 is 11.6 Å². The Morgan fingerprint density at radius 2 is 2.25 bits per heavy atom. The summed E-state index contributed by atoms with van der Waals surface area (Å²) in [7, 11) is 1.91. The first kappa shape index (κ1) is 12.8. The van der Waals surface area contributed by atoms with Gasteiger partial charge in [-0.1, -0.05) is 17.7 Å². The molecule has 0 aromatic heterocycles. The van der Waals surface area contributed by atoms with Crippen LogP contribution in [0.2, 0.25) is 5.02 Å². The van der Waals surface area contributed by atoms with Crippen LogP contribution in [0.5, 0.6) is 0 Å². The van der Waals surface area contributed by atoms with E-state index < -0.39 is 0 Å². The second kappa shape index (κ2) is 5.74. The summed E-state index contributed by atoms with van der Waals surface area (Å²) >= 11 is 5.99. The van der Waals surface area contributed by atoms with Crippen molar-refractivity contribution in [2.45, 2.75) is 13.5 Å². The van der Waals surface area contributed by atoms with Crippen molar-refractivity contribution in [2.75, 3.05) is 18.5 Å². The van der Waals surface area contributed by atoms with Crippen molar-refractivity contribution in [2.24, 2.45) is 5.92 Å². The first-order valence-corrected chi connectivity index (χ1v) is 5.46. The predicted octanol–water partition coefficient (Wildman–Crippen LogP) is 2.43. The molecule has 4 heteroatoms. The summed E-state index contributed by atoms with van der Waals surface area (Å²) in [5.74, 6) is -0.0266. The van der Waals surface area contributed by atoms with Crippen LogP contribution in [0, 0.1) is 17.2 Å². The van der Waals surface area contributed by atoms with Gasteiger partial charge in [-0.05, 0) is 24.6 Å². The molecule has 1 aromatic carbocycles. The molecular formula is C12H15ClN2O. The molecule has 1 aromatic rings. The van der Waals surface area contributed by atoms with E-state index in [-0.39, 0.29) is 12.5 Å². The summed E-state index contributed by atoms with van der Waals surface area (Å²) in [6, 6.07) is 7.68. The van der Waals surface area contributed by atoms with E-state index >= 15 is 0 Å². The average Bonchev–Trinajstić information content (AvgIpc) is 2.28. The van der Waals surface area contributed by atoms with E-state index in [1.807, 2.05) is 24.9 Å². The summed E-state index contributed by atoms with van der Waals surface area (Å²) in [5.41, 5.74) is 1.66. The Hall–Kier alpha value is -1.24. The standard InChI is InChI=1S/C12H15ClN2O/c1-9(6-14)7-15(2)11-4-3-10(8-16)12(13)5-11/h3-5,9,16H,7-8H2,1-2H3. The fraction of sp³-hybridized carbons (Fsp3) is 0.417. The summed E-state index contributed by atoms with van der Waals surface area (Å²) in [6.07, 6.45) is 0. The molecule has 16 heavy (non-hydrogen) atoms. The molecule has 0 saturated carbocycles. The van der Waals surface area contributed by atoms with Crippen molar-refractivity contribution >= 4 is 17.3 Å². The molecule has 0 heterocycles. The quantitative estimate of drug-likeness (QED) is 0.877. The van der Waals surface area contributed by atoms with E-state index in [9.17, 15) is 0 Å². The molecule has 0 aliphatic heterocycles. The van der Waals surface area contributed by atoms with E-state index in [2.05, 4.69) is 6.07 Å². The van der Waals surface area contributed by atoms with Gasteiger partial charge >= 0.3 is 0 Å². The van der Waals surface area contributed by atoms with Crippen LogP contribution in [0.4, 0.5) is 5.69 Å². The Bertz CT molecular complexity index is 400. The number of aliphatic hydroxyl groups excluding tert-OH is 1. The van der Waals surface area contributed by atoms with Crippen LogP contribution < -0.4 is 4.90 Å². The highest BCUT2D eigenvalue weighted by molar-refractivity contribution is 6.31. The Kier molecular flexibility index (Phi) is 4.60. The molecule has 0 spiro atoms. The summed E-state index contributed by atoms with van der Waals surface area (Å²) < 4.78 is 0. The van der Waals surface area contributed by atoms with Gasteiger partial charge < -0.3 is 10.0 Å². The zero-order chi connectivity index (χ0) is 12.1. The summed E-state index contributed by atoms with van der Waals surface area (Å²) in [6.45, 7) is 2.48. The summed E-state index contributed by atoms with van der Waals surface area (Å²) in [5, 5.41) is 18.3. The van der Waals surface area contributed by atoms with E-state index in [1.54, 1.807) is 12.1 Å². The molecule has 3 nitrogen and oxygen atoms in total. The highest BCUT2D eigenvalue weighted by Gasteiger charge is 2.08. The second-order valence-electron chi connectivity index (χ2n) is 3.84. The van der Waals surface area contributed by atoms with Crippen LogP contribution in [-0.2, 0) is 6.61 Å². The summed E-state index contributed by atoms with van der Waals surface area (Å²) in [4.78, 5) is 1.97. The normalized spacial score (nSPS) is 11.9. The minimum absolute atomic E-state index is 0.0266. The van der Waals surface area contributed by atoms with Crippen LogP contribution in [0.15, 0.2) is 18.2 Å². The number of rotatable bonds is 4. The third kappa shape index (κ3) is 3.13. The van der Waals surface area contributed by atoms with E-state index in [1.165, 1.54) is 0 Å². The van der Waals surface area contributed by atoms with Crippen LogP contribution in [0.25, 0.3) is 0 Å². The van der Waals surface area contributed by atoms with Gasteiger partial charge in [-0.3, -0.25) is 0 Å². The van der Waals surface area contributed by atoms with Crippen LogP contribution in [-0.4, -0.2) is 18.7 Å². The number of anilines is 1. The van der Waals surface area contributed by atoms with E-state index in [4.69, 9.17) is 22.0 Å². The first-order valence-electron chi connectivity index (χ1n) is 5.08. The van der Waals surface area contributed by atoms with Crippen molar-refractivity contribution in [3.63, 3.8) is 0 Å². The van der Waals surface area contributed by atoms with Gasteiger partial charge in [0.2, 0.25) is 0 Å². The van der Waals surface area contributed by atoms with Crippen molar-refractivity contribution in [1.29, 1.82) is 5.26 Å². The largest absolute Gasteiger partial charge is 0.392 e. The van der Waals surface area contributed by atoms with Gasteiger partial charge in [0.05, 0.1) is 18.6 Å². The molecule has 0 bridgehead atoms. The van der Waals surface area contributed by atoms with Crippen molar-refractivity contribution in [1.82, 2.24) is 0 Å². The maximum Gasteiger partial charge on any atom is 0.0696 e. The smallest absolute Gasteiger partial charge is 0.0696 e. The number of nitrogens with zero attached hydrogens (tertiary/aromatic N) is 2. The molecule has 0 aliphatic rings. The number of nitriles is 1. The lowest BCUT2D eigenvalue weighted by molar-refractivity contribution is 0.282. The van der Waals surface area contributed by atoms with Crippen molar-refractivity contribution in [3.8, 4) is 6.07 Å². The number of hydrogen-bond donors (Lipinski definition) is 1. The first-order chi connectivity index (χ1) is 7.58. The third-order valence-electron chi connectivity index (χ3n) is 2.42. The van der Waals surface area contributed by atoms with Gasteiger partial charge in [-0.25, -0.2) is 0 Å². The lowest BCUT2D eigenvalue weighted by atomic mass is 10.1. The topological polar surface area (TPSA) is 47.3 Å². The number of hydrogen-bond acceptors (Lipinski definition) is 3. The fourth-order valence-electron chi connectivity index (χ4n) is 1.46. The average molecular weight is 239 g/mol. The Labute approximate surface area is 101 Å². The molecule has 0 amide bonds. The predicted molar refractivity (Wildman–Crippen MR) is 65.4 cm³/mol. The lowest BCUT2D eigenvalue weighted by Gasteiger charge is -2.21. The van der Waals surface area contributed by atoms with Gasteiger partial charge in [0.25, 0.3) is 0 Å². The number of benzene rings is 1. The maximum atomic E-state index is 8.99. The molecule has 0 radical (unpaired) electrons. The van der Waals surface area contributed by atoms with Crippen LogP contribution in [0.1, 0.15) is 12.5 Å². The highest BCUT2D eigenvalue weighted by Crippen LogP contribution is 2.23. The SMILES string of the molecule is CC(C#N)CN(C)c1ccc(CO)c(Cl)c1.